The van der Waals surface area contributed by atoms with E-state index in [1.165, 1.54) is 4.90 Å². The third-order valence-corrected chi connectivity index (χ3v) is 6.25. The summed E-state index contributed by atoms with van der Waals surface area (Å²) in [5, 5.41) is 0.453. The van der Waals surface area contributed by atoms with E-state index in [1.54, 1.807) is 30.4 Å². The van der Waals surface area contributed by atoms with Gasteiger partial charge in [-0.1, -0.05) is 35.3 Å². The van der Waals surface area contributed by atoms with Crippen molar-refractivity contribution < 1.29 is 19.1 Å². The number of benzene rings is 2. The first-order valence-corrected chi connectivity index (χ1v) is 11.7. The number of imide groups is 1. The lowest BCUT2D eigenvalue weighted by molar-refractivity contribution is -0.123. The Morgan fingerprint density at radius 2 is 1.81 bits per heavy atom. The topological polar surface area (TPSA) is 55.8 Å². The van der Waals surface area contributed by atoms with Crippen molar-refractivity contribution in [1.29, 1.82) is 0 Å². The first-order valence-electron chi connectivity index (χ1n) is 10.1. The van der Waals surface area contributed by atoms with Gasteiger partial charge >= 0.3 is 0 Å². The van der Waals surface area contributed by atoms with Crippen molar-refractivity contribution in [2.75, 3.05) is 13.2 Å². The van der Waals surface area contributed by atoms with Gasteiger partial charge in [0.25, 0.3) is 11.1 Å². The molecular formula is C24H23Cl2NO4S. The van der Waals surface area contributed by atoms with Crippen molar-refractivity contribution in [3.63, 3.8) is 0 Å². The summed E-state index contributed by atoms with van der Waals surface area (Å²) in [7, 11) is 0. The molecule has 0 saturated carbocycles. The van der Waals surface area contributed by atoms with Crippen LogP contribution in [0, 0.1) is 0 Å². The molecule has 168 valence electrons. The first kappa shape index (κ1) is 24.2. The summed E-state index contributed by atoms with van der Waals surface area (Å²) >= 11 is 12.9. The van der Waals surface area contributed by atoms with E-state index in [0.717, 1.165) is 28.5 Å². The summed E-state index contributed by atoms with van der Waals surface area (Å²) in [5.41, 5.74) is 2.36. The standard InChI is InChI=1S/C24H23Cl2NO4S/c1-4-7-17-10-16(12-20(30-5-2)22(17)31-6-3)13-21-23(28)27(24(29)32-21)14-15-8-9-18(25)19(26)11-15/h4,8-13H,1,5-7,14H2,2-3H3/b21-13+. The number of halogens is 2. The minimum atomic E-state index is -0.358. The van der Waals surface area contributed by atoms with Gasteiger partial charge in [0.2, 0.25) is 0 Å². The molecule has 1 fully saturated rings. The zero-order valence-electron chi connectivity index (χ0n) is 17.8. The molecule has 0 aliphatic carbocycles. The van der Waals surface area contributed by atoms with E-state index in [2.05, 4.69) is 6.58 Å². The second kappa shape index (κ2) is 10.9. The van der Waals surface area contributed by atoms with Gasteiger partial charge in [0.1, 0.15) is 0 Å². The molecule has 2 aromatic rings. The van der Waals surface area contributed by atoms with Crippen LogP contribution < -0.4 is 9.47 Å². The van der Waals surface area contributed by atoms with E-state index >= 15 is 0 Å². The number of carbonyl (C=O) groups is 2. The average Bonchev–Trinajstić information content (AvgIpc) is 3.01. The molecule has 2 amide bonds. The molecule has 1 aliphatic heterocycles. The molecule has 0 radical (unpaired) electrons. The van der Waals surface area contributed by atoms with Crippen LogP contribution >= 0.6 is 35.0 Å². The summed E-state index contributed by atoms with van der Waals surface area (Å²) in [6.07, 6.45) is 4.06. The highest BCUT2D eigenvalue weighted by Crippen LogP contribution is 2.38. The first-order chi connectivity index (χ1) is 15.4. The van der Waals surface area contributed by atoms with Crippen molar-refractivity contribution in [3.8, 4) is 11.5 Å². The smallest absolute Gasteiger partial charge is 0.293 e. The van der Waals surface area contributed by atoms with E-state index in [9.17, 15) is 9.59 Å². The number of hydrogen-bond acceptors (Lipinski definition) is 5. The Bertz CT molecular complexity index is 1080. The zero-order valence-corrected chi connectivity index (χ0v) is 20.1. The fourth-order valence-corrected chi connectivity index (χ4v) is 4.41. The van der Waals surface area contributed by atoms with Gasteiger partial charge < -0.3 is 9.47 Å². The van der Waals surface area contributed by atoms with Gasteiger partial charge in [-0.3, -0.25) is 14.5 Å². The van der Waals surface area contributed by atoms with Crippen molar-refractivity contribution in [3.05, 3.63) is 74.6 Å². The maximum absolute atomic E-state index is 13.0. The van der Waals surface area contributed by atoms with Crippen LogP contribution in [-0.4, -0.2) is 29.3 Å². The lowest BCUT2D eigenvalue weighted by atomic mass is 10.0. The number of rotatable bonds is 9. The molecule has 0 aromatic heterocycles. The van der Waals surface area contributed by atoms with Gasteiger partial charge in [0.15, 0.2) is 11.5 Å². The molecule has 0 unspecified atom stereocenters. The lowest BCUT2D eigenvalue weighted by Crippen LogP contribution is -2.27. The van der Waals surface area contributed by atoms with Gasteiger partial charge in [-0.05, 0) is 73.5 Å². The molecule has 2 aromatic carbocycles. The number of carbonyl (C=O) groups excluding carboxylic acids is 2. The van der Waals surface area contributed by atoms with Crippen LogP contribution in [0.1, 0.15) is 30.5 Å². The molecule has 1 heterocycles. The molecule has 1 saturated heterocycles. The van der Waals surface area contributed by atoms with Crippen molar-refractivity contribution in [2.45, 2.75) is 26.8 Å². The van der Waals surface area contributed by atoms with Crippen molar-refractivity contribution in [1.82, 2.24) is 4.90 Å². The average molecular weight is 492 g/mol. The van der Waals surface area contributed by atoms with Crippen LogP contribution in [0.3, 0.4) is 0 Å². The van der Waals surface area contributed by atoms with Gasteiger partial charge in [0, 0.05) is 5.56 Å². The number of allylic oxidation sites excluding steroid dienone is 1. The highest BCUT2D eigenvalue weighted by Gasteiger charge is 2.35. The fourth-order valence-electron chi connectivity index (χ4n) is 3.25. The molecule has 8 heteroatoms. The SMILES string of the molecule is C=CCc1cc(/C=C2/SC(=O)N(Cc3ccc(Cl)c(Cl)c3)C2=O)cc(OCC)c1OCC. The molecule has 0 spiro atoms. The van der Waals surface area contributed by atoms with Crippen LogP contribution in [0.2, 0.25) is 10.0 Å². The maximum atomic E-state index is 13.0. The van der Waals surface area contributed by atoms with Crippen LogP contribution in [-0.2, 0) is 17.8 Å². The molecular weight excluding hydrogens is 469 g/mol. The van der Waals surface area contributed by atoms with Crippen LogP contribution in [0.15, 0.2) is 47.9 Å². The number of thioether (sulfide) groups is 1. The van der Waals surface area contributed by atoms with E-state index in [0.29, 0.717) is 46.1 Å². The lowest BCUT2D eigenvalue weighted by Gasteiger charge is -2.16. The monoisotopic (exact) mass is 491 g/mol. The Hall–Kier alpha value is -2.41. The Morgan fingerprint density at radius 3 is 2.47 bits per heavy atom. The van der Waals surface area contributed by atoms with E-state index in [1.807, 2.05) is 26.0 Å². The Balaban J connectivity index is 1.91. The van der Waals surface area contributed by atoms with E-state index in [4.69, 9.17) is 32.7 Å². The quantitative estimate of drug-likeness (QED) is 0.286. The third-order valence-electron chi connectivity index (χ3n) is 4.60. The van der Waals surface area contributed by atoms with Gasteiger partial charge in [-0.2, -0.15) is 0 Å². The summed E-state index contributed by atoms with van der Waals surface area (Å²) in [6, 6.07) is 8.77. The Kier molecular flexibility index (Phi) is 8.29. The van der Waals surface area contributed by atoms with E-state index in [-0.39, 0.29) is 17.7 Å². The zero-order chi connectivity index (χ0) is 23.3. The normalized spacial score (nSPS) is 14.9. The second-order valence-electron chi connectivity index (χ2n) is 6.88. The number of hydrogen-bond donors (Lipinski definition) is 0. The molecule has 5 nitrogen and oxygen atoms in total. The van der Waals surface area contributed by atoms with Crippen molar-refractivity contribution in [2.24, 2.45) is 0 Å². The Morgan fingerprint density at radius 1 is 1.06 bits per heavy atom. The second-order valence-corrected chi connectivity index (χ2v) is 8.69. The fraction of sp³-hybridized carbons (Fsp3) is 0.250. The number of nitrogens with zero attached hydrogens (tertiary/aromatic N) is 1. The largest absolute Gasteiger partial charge is 0.490 e. The molecule has 1 aliphatic rings. The Labute approximate surface area is 202 Å². The van der Waals surface area contributed by atoms with Crippen molar-refractivity contribution >= 4 is 52.2 Å². The number of amides is 2. The van der Waals surface area contributed by atoms with E-state index < -0.39 is 0 Å². The number of ether oxygens (including phenoxy) is 2. The summed E-state index contributed by atoms with van der Waals surface area (Å²) in [5.74, 6) is 0.900. The molecule has 0 atom stereocenters. The molecule has 3 rings (SSSR count). The van der Waals surface area contributed by atoms with Crippen LogP contribution in [0.25, 0.3) is 6.08 Å². The molecule has 0 N–H and O–H groups in total. The van der Waals surface area contributed by atoms with Gasteiger partial charge in [-0.15, -0.1) is 6.58 Å². The third kappa shape index (κ3) is 5.49. The summed E-state index contributed by atoms with van der Waals surface area (Å²) in [4.78, 5) is 27.0. The highest BCUT2D eigenvalue weighted by atomic mass is 35.5. The summed E-state index contributed by atoms with van der Waals surface area (Å²) in [6.45, 7) is 8.70. The predicted octanol–water partition coefficient (Wildman–Crippen LogP) is 6.76. The molecule has 32 heavy (non-hydrogen) atoms. The summed E-state index contributed by atoms with van der Waals surface area (Å²) < 4.78 is 11.6. The predicted molar refractivity (Wildman–Crippen MR) is 131 cm³/mol. The van der Waals surface area contributed by atoms with Crippen LogP contribution in [0.5, 0.6) is 11.5 Å². The minimum absolute atomic E-state index is 0.119. The maximum Gasteiger partial charge on any atom is 0.293 e. The molecule has 0 bridgehead atoms. The van der Waals surface area contributed by atoms with Gasteiger partial charge in [0.05, 0.1) is 34.7 Å². The van der Waals surface area contributed by atoms with Crippen LogP contribution in [0.4, 0.5) is 4.79 Å². The highest BCUT2D eigenvalue weighted by molar-refractivity contribution is 8.18. The minimum Gasteiger partial charge on any atom is -0.490 e. The van der Waals surface area contributed by atoms with Gasteiger partial charge in [-0.25, -0.2) is 0 Å².